The van der Waals surface area contributed by atoms with Crippen LogP contribution in [0, 0.1) is 12.3 Å². The minimum Gasteiger partial charge on any atom is -0.508 e. The van der Waals surface area contributed by atoms with Crippen molar-refractivity contribution in [2.75, 3.05) is 32.7 Å². The summed E-state index contributed by atoms with van der Waals surface area (Å²) in [6.45, 7) is 3.55. The summed E-state index contributed by atoms with van der Waals surface area (Å²) in [6.07, 6.45) is 5.76. The van der Waals surface area contributed by atoms with Gasteiger partial charge in [0, 0.05) is 26.2 Å². The molecule has 1 aliphatic heterocycles. The molecule has 0 radical (unpaired) electrons. The molecular formula is C16H21N3O2. The van der Waals surface area contributed by atoms with E-state index in [2.05, 4.69) is 10.8 Å². The quantitative estimate of drug-likeness (QED) is 0.767. The van der Waals surface area contributed by atoms with Crippen molar-refractivity contribution in [3.05, 3.63) is 29.8 Å². The molecule has 1 heterocycles. The van der Waals surface area contributed by atoms with Crippen molar-refractivity contribution in [1.82, 2.24) is 9.80 Å². The molecule has 1 amide bonds. The summed E-state index contributed by atoms with van der Waals surface area (Å²) >= 11 is 0. The normalized spacial score (nSPS) is 17.2. The number of carbonyl (C=O) groups is 1. The Labute approximate surface area is 125 Å². The second-order valence-electron chi connectivity index (χ2n) is 5.28. The van der Waals surface area contributed by atoms with Gasteiger partial charge in [-0.3, -0.25) is 9.69 Å². The lowest BCUT2D eigenvalue weighted by atomic mass is 10.1. The first kappa shape index (κ1) is 15.4. The van der Waals surface area contributed by atoms with Crippen LogP contribution in [0.25, 0.3) is 0 Å². The molecule has 1 atom stereocenters. The number of terminal acetylenes is 1. The van der Waals surface area contributed by atoms with Gasteiger partial charge in [0.1, 0.15) is 5.75 Å². The standard InChI is InChI=1S/C16H21N3O2/c1-2-7-18-8-10-19(11-9-18)16(21)15(17)12-13-3-5-14(20)6-4-13/h1,3-6,15,20H,7-12,17H2. The second kappa shape index (κ2) is 7.11. The lowest BCUT2D eigenvalue weighted by Gasteiger charge is -2.35. The number of amides is 1. The largest absolute Gasteiger partial charge is 0.508 e. The van der Waals surface area contributed by atoms with E-state index in [0.717, 1.165) is 18.7 Å². The van der Waals surface area contributed by atoms with Crippen LogP contribution in [0.15, 0.2) is 24.3 Å². The van der Waals surface area contributed by atoms with Crippen LogP contribution < -0.4 is 5.73 Å². The van der Waals surface area contributed by atoms with E-state index in [9.17, 15) is 9.90 Å². The van der Waals surface area contributed by atoms with Crippen molar-refractivity contribution in [1.29, 1.82) is 0 Å². The van der Waals surface area contributed by atoms with E-state index in [4.69, 9.17) is 12.2 Å². The lowest BCUT2D eigenvalue weighted by Crippen LogP contribution is -2.53. The fourth-order valence-electron chi connectivity index (χ4n) is 2.46. The Balaban J connectivity index is 1.85. The van der Waals surface area contributed by atoms with Crippen molar-refractivity contribution < 1.29 is 9.90 Å². The molecule has 1 saturated heterocycles. The molecule has 0 aliphatic carbocycles. The molecule has 1 fully saturated rings. The number of carbonyl (C=O) groups excluding carboxylic acids is 1. The van der Waals surface area contributed by atoms with Gasteiger partial charge in [0.15, 0.2) is 0 Å². The molecule has 0 spiro atoms. The number of hydrogen-bond acceptors (Lipinski definition) is 4. The molecule has 2 rings (SSSR count). The third kappa shape index (κ3) is 4.22. The Morgan fingerprint density at radius 1 is 1.29 bits per heavy atom. The Hall–Kier alpha value is -2.03. The van der Waals surface area contributed by atoms with Gasteiger partial charge < -0.3 is 15.7 Å². The van der Waals surface area contributed by atoms with Gasteiger partial charge in [0.05, 0.1) is 12.6 Å². The number of aromatic hydroxyl groups is 1. The first-order valence-electron chi connectivity index (χ1n) is 7.08. The Kier molecular flexibility index (Phi) is 5.20. The van der Waals surface area contributed by atoms with Crippen molar-refractivity contribution in [2.45, 2.75) is 12.5 Å². The monoisotopic (exact) mass is 287 g/mol. The highest BCUT2D eigenvalue weighted by atomic mass is 16.3. The minimum absolute atomic E-state index is 0.0246. The van der Waals surface area contributed by atoms with Crippen molar-refractivity contribution in [3.63, 3.8) is 0 Å². The number of hydrogen-bond donors (Lipinski definition) is 2. The van der Waals surface area contributed by atoms with E-state index in [1.807, 2.05) is 0 Å². The average Bonchev–Trinajstić information content (AvgIpc) is 2.50. The summed E-state index contributed by atoms with van der Waals surface area (Å²) in [5.41, 5.74) is 6.96. The number of benzene rings is 1. The summed E-state index contributed by atoms with van der Waals surface area (Å²) in [5, 5.41) is 9.25. The number of nitrogens with two attached hydrogens (primary N) is 1. The molecule has 21 heavy (non-hydrogen) atoms. The minimum atomic E-state index is -0.547. The molecule has 5 nitrogen and oxygen atoms in total. The maximum Gasteiger partial charge on any atom is 0.239 e. The first-order chi connectivity index (χ1) is 10.1. The number of phenols is 1. The van der Waals surface area contributed by atoms with Gasteiger partial charge in [-0.05, 0) is 24.1 Å². The Bertz CT molecular complexity index is 513. The summed E-state index contributed by atoms with van der Waals surface area (Å²) < 4.78 is 0. The van der Waals surface area contributed by atoms with Crippen LogP contribution >= 0.6 is 0 Å². The number of piperazine rings is 1. The van der Waals surface area contributed by atoms with Crippen molar-refractivity contribution >= 4 is 5.91 Å². The Morgan fingerprint density at radius 2 is 1.90 bits per heavy atom. The molecule has 1 aliphatic rings. The molecule has 0 bridgehead atoms. The van der Waals surface area contributed by atoms with E-state index in [-0.39, 0.29) is 11.7 Å². The highest BCUT2D eigenvalue weighted by Crippen LogP contribution is 2.12. The van der Waals surface area contributed by atoms with E-state index < -0.39 is 6.04 Å². The van der Waals surface area contributed by atoms with Crippen LogP contribution in [0.1, 0.15) is 5.56 Å². The lowest BCUT2D eigenvalue weighted by molar-refractivity contribution is -0.134. The molecule has 0 saturated carbocycles. The number of nitrogens with zero attached hydrogens (tertiary/aromatic N) is 2. The van der Waals surface area contributed by atoms with Crippen LogP contribution in [0.4, 0.5) is 0 Å². The van der Waals surface area contributed by atoms with Crippen molar-refractivity contribution in [3.8, 4) is 18.1 Å². The van der Waals surface area contributed by atoms with Gasteiger partial charge in [-0.2, -0.15) is 0 Å². The van der Waals surface area contributed by atoms with Gasteiger partial charge in [0.25, 0.3) is 0 Å². The molecule has 1 aromatic rings. The molecule has 0 aromatic heterocycles. The fraction of sp³-hybridized carbons (Fsp3) is 0.438. The van der Waals surface area contributed by atoms with Gasteiger partial charge in [0.2, 0.25) is 5.91 Å². The zero-order chi connectivity index (χ0) is 15.2. The van der Waals surface area contributed by atoms with Gasteiger partial charge in [-0.15, -0.1) is 6.42 Å². The zero-order valence-electron chi connectivity index (χ0n) is 12.0. The third-order valence-electron chi connectivity index (χ3n) is 3.71. The smallest absolute Gasteiger partial charge is 0.239 e. The second-order valence-corrected chi connectivity index (χ2v) is 5.28. The first-order valence-corrected chi connectivity index (χ1v) is 7.08. The molecular weight excluding hydrogens is 266 g/mol. The maximum absolute atomic E-state index is 12.3. The molecule has 3 N–H and O–H groups in total. The van der Waals surface area contributed by atoms with E-state index in [1.54, 1.807) is 29.2 Å². The molecule has 5 heteroatoms. The van der Waals surface area contributed by atoms with Gasteiger partial charge in [-0.25, -0.2) is 0 Å². The van der Waals surface area contributed by atoms with E-state index in [1.165, 1.54) is 0 Å². The summed E-state index contributed by atoms with van der Waals surface area (Å²) in [5.74, 6) is 2.81. The maximum atomic E-state index is 12.3. The van der Waals surface area contributed by atoms with Crippen LogP contribution in [0.5, 0.6) is 5.75 Å². The van der Waals surface area contributed by atoms with Crippen LogP contribution in [0.3, 0.4) is 0 Å². The third-order valence-corrected chi connectivity index (χ3v) is 3.71. The van der Waals surface area contributed by atoms with Crippen molar-refractivity contribution in [2.24, 2.45) is 5.73 Å². The van der Waals surface area contributed by atoms with E-state index in [0.29, 0.717) is 26.1 Å². The molecule has 112 valence electrons. The highest BCUT2D eigenvalue weighted by Gasteiger charge is 2.24. The average molecular weight is 287 g/mol. The predicted octanol–water partition coefficient (Wildman–Crippen LogP) is 0.0394. The molecule has 1 unspecified atom stereocenters. The zero-order valence-corrected chi connectivity index (χ0v) is 12.0. The van der Waals surface area contributed by atoms with Gasteiger partial charge >= 0.3 is 0 Å². The van der Waals surface area contributed by atoms with Crippen LogP contribution in [0.2, 0.25) is 0 Å². The van der Waals surface area contributed by atoms with Crippen LogP contribution in [-0.2, 0) is 11.2 Å². The topological polar surface area (TPSA) is 69.8 Å². The molecule has 1 aromatic carbocycles. The SMILES string of the molecule is C#CCN1CCN(C(=O)C(N)Cc2ccc(O)cc2)CC1. The van der Waals surface area contributed by atoms with Gasteiger partial charge in [-0.1, -0.05) is 18.1 Å². The fourth-order valence-corrected chi connectivity index (χ4v) is 2.46. The summed E-state index contributed by atoms with van der Waals surface area (Å²) in [7, 11) is 0. The summed E-state index contributed by atoms with van der Waals surface area (Å²) in [4.78, 5) is 16.3. The predicted molar refractivity (Wildman–Crippen MR) is 81.6 cm³/mol. The number of rotatable bonds is 4. The van der Waals surface area contributed by atoms with E-state index >= 15 is 0 Å². The number of phenolic OH excluding ortho intramolecular Hbond substituents is 1. The van der Waals surface area contributed by atoms with Crippen LogP contribution in [-0.4, -0.2) is 59.6 Å². The summed E-state index contributed by atoms with van der Waals surface area (Å²) in [6, 6.07) is 6.23. The highest BCUT2D eigenvalue weighted by molar-refractivity contribution is 5.82. The Morgan fingerprint density at radius 3 is 2.48 bits per heavy atom.